The van der Waals surface area contributed by atoms with E-state index in [4.69, 9.17) is 0 Å². The highest BCUT2D eigenvalue weighted by Crippen LogP contribution is 2.39. The summed E-state index contributed by atoms with van der Waals surface area (Å²) in [5, 5.41) is 2.78. The first-order valence-corrected chi connectivity index (χ1v) is 8.25. The summed E-state index contributed by atoms with van der Waals surface area (Å²) >= 11 is 0. The molecule has 1 saturated carbocycles. The first-order valence-electron chi connectivity index (χ1n) is 8.25. The number of amides is 4. The third-order valence-electron chi connectivity index (χ3n) is 4.83. The Hall–Kier alpha value is -1.59. The number of nitrogens with one attached hydrogen (secondary N) is 1. The summed E-state index contributed by atoms with van der Waals surface area (Å²) in [4.78, 5) is 39.7. The van der Waals surface area contributed by atoms with Crippen molar-refractivity contribution in [3.05, 3.63) is 0 Å². The summed E-state index contributed by atoms with van der Waals surface area (Å²) in [7, 11) is 1.68. The van der Waals surface area contributed by atoms with Gasteiger partial charge in [-0.1, -0.05) is 33.1 Å². The van der Waals surface area contributed by atoms with Crippen molar-refractivity contribution in [2.45, 2.75) is 57.9 Å². The van der Waals surface area contributed by atoms with Crippen molar-refractivity contribution in [3.63, 3.8) is 0 Å². The van der Waals surface area contributed by atoms with Crippen molar-refractivity contribution in [2.24, 2.45) is 5.92 Å². The lowest BCUT2D eigenvalue weighted by Gasteiger charge is -2.35. The van der Waals surface area contributed by atoms with E-state index in [2.05, 4.69) is 19.2 Å². The fourth-order valence-corrected chi connectivity index (χ4v) is 3.37. The van der Waals surface area contributed by atoms with Gasteiger partial charge in [0, 0.05) is 13.6 Å². The molecule has 6 heteroatoms. The minimum Gasteiger partial charge on any atom is -0.355 e. The molecule has 2 fully saturated rings. The molecule has 1 aliphatic heterocycles. The predicted molar refractivity (Wildman–Crippen MR) is 83.2 cm³/mol. The molecule has 1 saturated heterocycles. The molecule has 1 spiro atoms. The van der Waals surface area contributed by atoms with Gasteiger partial charge >= 0.3 is 6.03 Å². The van der Waals surface area contributed by atoms with Crippen LogP contribution in [0, 0.1) is 5.92 Å². The molecule has 0 aromatic carbocycles. The molecule has 4 amide bonds. The van der Waals surface area contributed by atoms with Crippen LogP contribution in [-0.4, -0.2) is 53.3 Å². The third-order valence-corrected chi connectivity index (χ3v) is 4.83. The molecule has 1 heterocycles. The number of likely N-dealkylation sites (N-methyl/N-ethyl adjacent to an activating group) is 1. The van der Waals surface area contributed by atoms with Crippen LogP contribution in [0.3, 0.4) is 0 Å². The second-order valence-corrected chi connectivity index (χ2v) is 6.86. The lowest BCUT2D eigenvalue weighted by atomic mass is 9.81. The number of imide groups is 1. The first kappa shape index (κ1) is 16.8. The molecule has 0 radical (unpaired) electrons. The number of nitrogens with zero attached hydrogens (tertiary/aromatic N) is 2. The SMILES string of the molecule is CC(C)CCNC(=O)CN1C(=O)N(C)C2(CCCCC2)C1=O. The van der Waals surface area contributed by atoms with Gasteiger partial charge in [-0.2, -0.15) is 0 Å². The average Bonchev–Trinajstić information content (AvgIpc) is 2.64. The van der Waals surface area contributed by atoms with Gasteiger partial charge in [0.1, 0.15) is 12.1 Å². The standard InChI is InChI=1S/C16H27N3O3/c1-12(2)7-10-17-13(20)11-19-14(21)16(18(3)15(19)22)8-5-4-6-9-16/h12H,4-11H2,1-3H3,(H,17,20). The second-order valence-electron chi connectivity index (χ2n) is 6.86. The molecule has 6 nitrogen and oxygen atoms in total. The molecule has 124 valence electrons. The maximum Gasteiger partial charge on any atom is 0.327 e. The van der Waals surface area contributed by atoms with Gasteiger partial charge in [-0.05, 0) is 25.2 Å². The second kappa shape index (κ2) is 6.67. The molecule has 0 bridgehead atoms. The van der Waals surface area contributed by atoms with Crippen LogP contribution in [-0.2, 0) is 9.59 Å². The van der Waals surface area contributed by atoms with Crippen LogP contribution in [0.1, 0.15) is 52.4 Å². The zero-order valence-electron chi connectivity index (χ0n) is 13.9. The van der Waals surface area contributed by atoms with Crippen molar-refractivity contribution in [2.75, 3.05) is 20.1 Å². The van der Waals surface area contributed by atoms with Crippen molar-refractivity contribution in [1.29, 1.82) is 0 Å². The zero-order valence-corrected chi connectivity index (χ0v) is 13.9. The molecule has 0 unspecified atom stereocenters. The average molecular weight is 309 g/mol. The zero-order chi connectivity index (χ0) is 16.3. The minimum atomic E-state index is -0.701. The van der Waals surface area contributed by atoms with Crippen LogP contribution in [0.5, 0.6) is 0 Å². The summed E-state index contributed by atoms with van der Waals surface area (Å²) in [5.41, 5.74) is -0.701. The third kappa shape index (κ3) is 3.10. The normalized spacial score (nSPS) is 21.1. The fourth-order valence-electron chi connectivity index (χ4n) is 3.37. The fraction of sp³-hybridized carbons (Fsp3) is 0.812. The van der Waals surface area contributed by atoms with Crippen molar-refractivity contribution >= 4 is 17.8 Å². The van der Waals surface area contributed by atoms with Gasteiger partial charge in [-0.3, -0.25) is 14.5 Å². The van der Waals surface area contributed by atoms with Crippen LogP contribution in [0.2, 0.25) is 0 Å². The summed E-state index contributed by atoms with van der Waals surface area (Å²) < 4.78 is 0. The summed E-state index contributed by atoms with van der Waals surface area (Å²) in [6.45, 7) is 4.58. The van der Waals surface area contributed by atoms with Gasteiger partial charge in [0.05, 0.1) is 0 Å². The summed E-state index contributed by atoms with van der Waals surface area (Å²) in [6.07, 6.45) is 5.32. The Morgan fingerprint density at radius 3 is 2.45 bits per heavy atom. The maximum atomic E-state index is 12.7. The van der Waals surface area contributed by atoms with E-state index in [9.17, 15) is 14.4 Å². The Morgan fingerprint density at radius 1 is 1.23 bits per heavy atom. The van der Waals surface area contributed by atoms with Crippen molar-refractivity contribution in [1.82, 2.24) is 15.1 Å². The molecular weight excluding hydrogens is 282 g/mol. The smallest absolute Gasteiger partial charge is 0.327 e. The van der Waals surface area contributed by atoms with E-state index < -0.39 is 5.54 Å². The molecule has 1 aliphatic carbocycles. The van der Waals surface area contributed by atoms with Gasteiger partial charge in [0.15, 0.2) is 0 Å². The topological polar surface area (TPSA) is 69.7 Å². The quantitative estimate of drug-likeness (QED) is 0.787. The Morgan fingerprint density at radius 2 is 1.86 bits per heavy atom. The molecule has 2 rings (SSSR count). The Balaban J connectivity index is 1.98. The van der Waals surface area contributed by atoms with E-state index in [1.54, 1.807) is 11.9 Å². The number of urea groups is 1. The lowest BCUT2D eigenvalue weighted by Crippen LogP contribution is -2.49. The summed E-state index contributed by atoms with van der Waals surface area (Å²) in [6, 6.07) is -0.342. The lowest BCUT2D eigenvalue weighted by molar-refractivity contribution is -0.137. The van der Waals surface area contributed by atoms with E-state index in [1.807, 2.05) is 0 Å². The first-order chi connectivity index (χ1) is 10.4. The summed E-state index contributed by atoms with van der Waals surface area (Å²) in [5.74, 6) is 0.0503. The monoisotopic (exact) mass is 309 g/mol. The highest BCUT2D eigenvalue weighted by atomic mass is 16.2. The van der Waals surface area contributed by atoms with E-state index >= 15 is 0 Å². The van der Waals surface area contributed by atoms with Gasteiger partial charge in [0.25, 0.3) is 5.91 Å². The van der Waals surface area contributed by atoms with Gasteiger partial charge in [-0.25, -0.2) is 4.79 Å². The van der Waals surface area contributed by atoms with E-state index in [0.717, 1.165) is 30.6 Å². The van der Waals surface area contributed by atoms with Crippen molar-refractivity contribution in [3.8, 4) is 0 Å². The van der Waals surface area contributed by atoms with Crippen LogP contribution >= 0.6 is 0 Å². The number of carbonyl (C=O) groups excluding carboxylic acids is 3. The van der Waals surface area contributed by atoms with Crippen LogP contribution in [0.4, 0.5) is 4.79 Å². The van der Waals surface area contributed by atoms with E-state index in [0.29, 0.717) is 25.3 Å². The number of carbonyl (C=O) groups is 3. The van der Waals surface area contributed by atoms with Crippen LogP contribution in [0.15, 0.2) is 0 Å². The number of rotatable bonds is 5. The molecule has 22 heavy (non-hydrogen) atoms. The number of hydrogen-bond acceptors (Lipinski definition) is 3. The van der Waals surface area contributed by atoms with Crippen molar-refractivity contribution < 1.29 is 14.4 Å². The van der Waals surface area contributed by atoms with Gasteiger partial charge < -0.3 is 10.2 Å². The molecule has 0 aromatic rings. The van der Waals surface area contributed by atoms with E-state index in [-0.39, 0.29) is 24.4 Å². The molecule has 1 N–H and O–H groups in total. The molecular formula is C16H27N3O3. The number of hydrogen-bond donors (Lipinski definition) is 1. The van der Waals surface area contributed by atoms with E-state index in [1.165, 1.54) is 0 Å². The Bertz CT molecular complexity index is 456. The molecule has 2 aliphatic rings. The Labute approximate surface area is 132 Å². The molecule has 0 atom stereocenters. The maximum absolute atomic E-state index is 12.7. The highest BCUT2D eigenvalue weighted by Gasteiger charge is 2.55. The van der Waals surface area contributed by atoms with Gasteiger partial charge in [-0.15, -0.1) is 0 Å². The van der Waals surface area contributed by atoms with Gasteiger partial charge in [0.2, 0.25) is 5.91 Å². The molecule has 0 aromatic heterocycles. The van der Waals surface area contributed by atoms with Crippen LogP contribution < -0.4 is 5.32 Å². The highest BCUT2D eigenvalue weighted by molar-refractivity contribution is 6.08. The minimum absolute atomic E-state index is 0.165. The predicted octanol–water partition coefficient (Wildman–Crippen LogP) is 1.75. The van der Waals surface area contributed by atoms with Crippen LogP contribution in [0.25, 0.3) is 0 Å². The largest absolute Gasteiger partial charge is 0.355 e. The Kier molecular flexibility index (Phi) is 5.08.